The fourth-order valence-corrected chi connectivity index (χ4v) is 8.11. The predicted octanol–water partition coefficient (Wildman–Crippen LogP) is 9.50. The quantitative estimate of drug-likeness (QED) is 0.183. The number of para-hydroxylation sites is 3. The monoisotopic (exact) mass is 584 g/mol. The third-order valence-corrected chi connectivity index (χ3v) is 10.1. The van der Waals surface area contributed by atoms with Crippen LogP contribution in [-0.2, 0) is 0 Å². The summed E-state index contributed by atoms with van der Waals surface area (Å²) in [6.45, 7) is 2.25. The number of hydrogen-bond acceptors (Lipinski definition) is 0. The molecule has 1 aliphatic rings. The average molecular weight is 585 g/mol. The van der Waals surface area contributed by atoms with E-state index in [1.807, 2.05) is 0 Å². The fourth-order valence-electron chi connectivity index (χ4n) is 8.11. The molecule has 0 bridgehead atoms. The van der Waals surface area contributed by atoms with E-state index < -0.39 is 0 Å². The first kappa shape index (κ1) is 25.5. The normalized spacial score (nSPS) is 12.4. The molecular formula is C43H29BN2. The van der Waals surface area contributed by atoms with Crippen molar-refractivity contribution < 1.29 is 0 Å². The largest absolute Gasteiger partial charge is 0.376 e. The zero-order valence-electron chi connectivity index (χ0n) is 25.5. The highest BCUT2D eigenvalue weighted by atomic mass is 15.0. The van der Waals surface area contributed by atoms with Crippen LogP contribution in [0.4, 0.5) is 0 Å². The summed E-state index contributed by atoms with van der Waals surface area (Å²) in [5.74, 6) is 0. The number of benzene rings is 7. The van der Waals surface area contributed by atoms with Gasteiger partial charge in [0.05, 0.1) is 11.0 Å². The maximum atomic E-state index is 2.62. The second-order valence-corrected chi connectivity index (χ2v) is 12.6. The first-order valence-corrected chi connectivity index (χ1v) is 16.1. The second kappa shape index (κ2) is 9.60. The Kier molecular flexibility index (Phi) is 5.33. The molecule has 214 valence electrons. The molecule has 0 unspecified atom stereocenters. The number of fused-ring (bicyclic) bond motifs is 8. The molecule has 0 spiro atoms. The number of hydrogen-bond donors (Lipinski definition) is 0. The molecule has 0 aliphatic carbocycles. The summed E-state index contributed by atoms with van der Waals surface area (Å²) in [4.78, 5) is 0. The minimum absolute atomic E-state index is 0.00346. The first-order valence-electron chi connectivity index (χ1n) is 16.1. The molecule has 2 aromatic heterocycles. The van der Waals surface area contributed by atoms with Crippen LogP contribution in [0.2, 0.25) is 0 Å². The second-order valence-electron chi connectivity index (χ2n) is 12.6. The van der Waals surface area contributed by atoms with E-state index in [-0.39, 0.29) is 6.85 Å². The number of aryl methyl sites for hydroxylation is 1. The highest BCUT2D eigenvalue weighted by Crippen LogP contribution is 2.39. The van der Waals surface area contributed by atoms with Crippen molar-refractivity contribution in [3.8, 4) is 27.9 Å². The van der Waals surface area contributed by atoms with Crippen molar-refractivity contribution in [1.29, 1.82) is 0 Å². The summed E-state index contributed by atoms with van der Waals surface area (Å²) in [5.41, 5.74) is 15.2. The van der Waals surface area contributed by atoms with Gasteiger partial charge in [-0.1, -0.05) is 127 Å². The van der Waals surface area contributed by atoms with E-state index in [0.29, 0.717) is 0 Å². The maximum Gasteiger partial charge on any atom is 0.332 e. The van der Waals surface area contributed by atoms with Crippen LogP contribution < -0.4 is 10.9 Å². The summed E-state index contributed by atoms with van der Waals surface area (Å²) in [6.07, 6.45) is 0. The van der Waals surface area contributed by atoms with Gasteiger partial charge in [0.25, 0.3) is 0 Å². The van der Waals surface area contributed by atoms with E-state index in [4.69, 9.17) is 0 Å². The van der Waals surface area contributed by atoms with Gasteiger partial charge in [-0.3, -0.25) is 0 Å². The molecule has 10 rings (SSSR count). The van der Waals surface area contributed by atoms with Crippen molar-refractivity contribution in [2.24, 2.45) is 0 Å². The molecule has 0 saturated carbocycles. The van der Waals surface area contributed by atoms with Crippen LogP contribution in [0.25, 0.3) is 71.6 Å². The Hall–Kier alpha value is -5.80. The van der Waals surface area contributed by atoms with Gasteiger partial charge < -0.3 is 9.05 Å². The average Bonchev–Trinajstić information content (AvgIpc) is 3.63. The molecular weight excluding hydrogens is 555 g/mol. The Balaban J connectivity index is 1.40. The van der Waals surface area contributed by atoms with Gasteiger partial charge in [0.1, 0.15) is 0 Å². The maximum absolute atomic E-state index is 2.62. The predicted molar refractivity (Wildman–Crippen MR) is 196 cm³/mol. The van der Waals surface area contributed by atoms with Gasteiger partial charge >= 0.3 is 6.85 Å². The number of nitrogens with zero attached hydrogens (tertiary/aromatic N) is 2. The molecule has 0 radical (unpaired) electrons. The Bertz CT molecular complexity index is 2640. The van der Waals surface area contributed by atoms with Crippen LogP contribution in [0.1, 0.15) is 5.56 Å². The zero-order chi connectivity index (χ0) is 30.4. The molecule has 0 N–H and O–H groups in total. The van der Waals surface area contributed by atoms with E-state index in [1.54, 1.807) is 0 Å². The van der Waals surface area contributed by atoms with Gasteiger partial charge in [-0.05, 0) is 76.0 Å². The van der Waals surface area contributed by atoms with Gasteiger partial charge in [0, 0.05) is 38.3 Å². The molecule has 0 fully saturated rings. The lowest BCUT2D eigenvalue weighted by Crippen LogP contribution is -2.53. The molecule has 9 aromatic rings. The third kappa shape index (κ3) is 3.48. The molecule has 3 heteroatoms. The molecule has 3 heterocycles. The topological polar surface area (TPSA) is 9.86 Å². The Morgan fingerprint density at radius 1 is 0.413 bits per heavy atom. The summed E-state index contributed by atoms with van der Waals surface area (Å²) < 4.78 is 5.15. The zero-order valence-corrected chi connectivity index (χ0v) is 25.5. The minimum Gasteiger partial charge on any atom is -0.376 e. The van der Waals surface area contributed by atoms with Crippen LogP contribution in [0.15, 0.2) is 158 Å². The van der Waals surface area contributed by atoms with E-state index >= 15 is 0 Å². The van der Waals surface area contributed by atoms with Crippen LogP contribution >= 0.6 is 0 Å². The summed E-state index contributed by atoms with van der Waals surface area (Å²) in [7, 11) is 0. The molecule has 0 saturated heterocycles. The smallest absolute Gasteiger partial charge is 0.332 e. The molecule has 0 amide bonds. The van der Waals surface area contributed by atoms with Crippen molar-refractivity contribution >= 4 is 61.4 Å². The molecule has 2 nitrogen and oxygen atoms in total. The van der Waals surface area contributed by atoms with E-state index in [9.17, 15) is 0 Å². The minimum atomic E-state index is -0.00346. The standard InChI is InChI=1S/C43H29BN2/c1-28-13-12-19-34-33-18-8-10-21-40(33)46(42(28)34)44-37-20-9-11-22-41(37)45-39-24-23-31(29-14-4-2-5-15-29)25-35(39)36-26-32(27-38(44)43(36)45)30-16-6-3-7-17-30/h2-27H,1H3. The van der Waals surface area contributed by atoms with Gasteiger partial charge in [-0.15, -0.1) is 0 Å². The van der Waals surface area contributed by atoms with Gasteiger partial charge in [0.15, 0.2) is 0 Å². The van der Waals surface area contributed by atoms with Gasteiger partial charge in [-0.2, -0.15) is 0 Å². The molecule has 0 atom stereocenters. The molecule has 1 aliphatic heterocycles. The van der Waals surface area contributed by atoms with Crippen molar-refractivity contribution in [3.05, 3.63) is 163 Å². The lowest BCUT2D eigenvalue weighted by Gasteiger charge is -2.29. The Morgan fingerprint density at radius 3 is 1.91 bits per heavy atom. The highest BCUT2D eigenvalue weighted by molar-refractivity contribution is 6.88. The lowest BCUT2D eigenvalue weighted by molar-refractivity contribution is 1.18. The van der Waals surface area contributed by atoms with Crippen LogP contribution in [-0.4, -0.2) is 15.9 Å². The number of aromatic nitrogens is 2. The SMILES string of the molecule is Cc1cccc2c3ccccc3n(B3c4ccccc4-n4c5ccc(-c6ccccc6)cc5c5cc(-c6ccccc6)cc3c54)c12. The van der Waals surface area contributed by atoms with Crippen molar-refractivity contribution in [1.82, 2.24) is 9.05 Å². The first-order chi connectivity index (χ1) is 22.8. The van der Waals surface area contributed by atoms with Crippen LogP contribution in [0.3, 0.4) is 0 Å². The van der Waals surface area contributed by atoms with Crippen LogP contribution in [0, 0.1) is 6.92 Å². The van der Waals surface area contributed by atoms with Crippen molar-refractivity contribution in [3.63, 3.8) is 0 Å². The van der Waals surface area contributed by atoms with E-state index in [1.165, 1.54) is 88.0 Å². The van der Waals surface area contributed by atoms with Crippen molar-refractivity contribution in [2.45, 2.75) is 6.92 Å². The van der Waals surface area contributed by atoms with Crippen LogP contribution in [0.5, 0.6) is 0 Å². The van der Waals surface area contributed by atoms with Gasteiger partial charge in [-0.25, -0.2) is 0 Å². The van der Waals surface area contributed by atoms with Gasteiger partial charge in [0.2, 0.25) is 0 Å². The number of rotatable bonds is 3. The third-order valence-electron chi connectivity index (χ3n) is 10.1. The Labute approximate surface area is 267 Å². The molecule has 46 heavy (non-hydrogen) atoms. The fraction of sp³-hybridized carbons (Fsp3) is 0.0233. The Morgan fingerprint density at radius 2 is 1.09 bits per heavy atom. The van der Waals surface area contributed by atoms with E-state index in [2.05, 4.69) is 174 Å². The highest BCUT2D eigenvalue weighted by Gasteiger charge is 2.36. The van der Waals surface area contributed by atoms with Crippen molar-refractivity contribution in [2.75, 3.05) is 0 Å². The van der Waals surface area contributed by atoms with E-state index in [0.717, 1.165) is 0 Å². The molecule has 7 aromatic carbocycles. The summed E-state index contributed by atoms with van der Waals surface area (Å²) >= 11 is 0. The summed E-state index contributed by atoms with van der Waals surface area (Å²) in [6, 6.07) is 58.2. The summed E-state index contributed by atoms with van der Waals surface area (Å²) in [5, 5.41) is 5.18. The lowest BCUT2D eigenvalue weighted by atomic mass is 9.48.